The molecule has 112 valence electrons. The number of anilines is 1. The van der Waals surface area contributed by atoms with E-state index in [9.17, 15) is 4.79 Å². The standard InChI is InChI=1S/C17H23N3O/c1-2-8-17(9-12-19-13-10-17)16(21)20-15-5-3-14(4-6-15)7-11-18/h3-6,19H,2,7-10,12-13H2,1H3,(H,20,21). The Morgan fingerprint density at radius 1 is 1.33 bits per heavy atom. The highest BCUT2D eigenvalue weighted by Crippen LogP contribution is 2.35. The van der Waals surface area contributed by atoms with Gasteiger partial charge in [0.05, 0.1) is 17.9 Å². The van der Waals surface area contributed by atoms with Crippen LogP contribution in [-0.2, 0) is 11.2 Å². The predicted octanol–water partition coefficient (Wildman–Crippen LogP) is 2.86. The number of nitrogens with zero attached hydrogens (tertiary/aromatic N) is 1. The van der Waals surface area contributed by atoms with Gasteiger partial charge in [0.25, 0.3) is 0 Å². The van der Waals surface area contributed by atoms with Crippen LogP contribution < -0.4 is 10.6 Å². The van der Waals surface area contributed by atoms with Crippen molar-refractivity contribution in [2.24, 2.45) is 5.41 Å². The van der Waals surface area contributed by atoms with E-state index in [-0.39, 0.29) is 11.3 Å². The number of piperidine rings is 1. The summed E-state index contributed by atoms with van der Waals surface area (Å²) in [5.74, 6) is 0.138. The van der Waals surface area contributed by atoms with Crippen molar-refractivity contribution in [1.82, 2.24) is 5.32 Å². The Labute approximate surface area is 126 Å². The molecule has 1 fully saturated rings. The van der Waals surface area contributed by atoms with Crippen LogP contribution in [0.3, 0.4) is 0 Å². The summed E-state index contributed by atoms with van der Waals surface area (Å²) in [6, 6.07) is 9.68. The average molecular weight is 285 g/mol. The van der Waals surface area contributed by atoms with E-state index in [1.165, 1.54) is 0 Å². The van der Waals surface area contributed by atoms with Crippen LogP contribution >= 0.6 is 0 Å². The maximum Gasteiger partial charge on any atom is 0.230 e. The zero-order valence-electron chi connectivity index (χ0n) is 12.6. The molecule has 1 aromatic rings. The van der Waals surface area contributed by atoms with Crippen LogP contribution in [0.5, 0.6) is 0 Å². The molecule has 0 saturated carbocycles. The van der Waals surface area contributed by atoms with E-state index in [1.807, 2.05) is 24.3 Å². The number of rotatable bonds is 5. The SMILES string of the molecule is CCCC1(C(=O)Nc2ccc(CC#N)cc2)CCNCC1. The Kier molecular flexibility index (Phi) is 5.35. The highest BCUT2D eigenvalue weighted by molar-refractivity contribution is 5.95. The van der Waals surface area contributed by atoms with E-state index in [2.05, 4.69) is 23.6 Å². The number of hydrogen-bond acceptors (Lipinski definition) is 3. The van der Waals surface area contributed by atoms with Crippen molar-refractivity contribution < 1.29 is 4.79 Å². The first kappa shape index (κ1) is 15.5. The van der Waals surface area contributed by atoms with Gasteiger partial charge in [0, 0.05) is 5.69 Å². The zero-order chi connectivity index (χ0) is 15.1. The van der Waals surface area contributed by atoms with Crippen molar-refractivity contribution in [2.75, 3.05) is 18.4 Å². The topological polar surface area (TPSA) is 64.9 Å². The molecular formula is C17H23N3O. The minimum Gasteiger partial charge on any atom is -0.326 e. The molecule has 2 N–H and O–H groups in total. The van der Waals surface area contributed by atoms with Gasteiger partial charge in [-0.2, -0.15) is 5.26 Å². The van der Waals surface area contributed by atoms with Crippen LogP contribution in [-0.4, -0.2) is 19.0 Å². The van der Waals surface area contributed by atoms with Gasteiger partial charge in [-0.1, -0.05) is 25.5 Å². The van der Waals surface area contributed by atoms with Gasteiger partial charge >= 0.3 is 0 Å². The first-order chi connectivity index (χ1) is 10.2. The highest BCUT2D eigenvalue weighted by atomic mass is 16.2. The van der Waals surface area contributed by atoms with Crippen molar-refractivity contribution in [2.45, 2.75) is 39.0 Å². The quantitative estimate of drug-likeness (QED) is 0.874. The van der Waals surface area contributed by atoms with Crippen molar-refractivity contribution >= 4 is 11.6 Å². The first-order valence-corrected chi connectivity index (χ1v) is 7.68. The van der Waals surface area contributed by atoms with Gasteiger partial charge < -0.3 is 10.6 Å². The lowest BCUT2D eigenvalue weighted by molar-refractivity contribution is -0.127. The van der Waals surface area contributed by atoms with Gasteiger partial charge in [-0.25, -0.2) is 0 Å². The average Bonchev–Trinajstić information content (AvgIpc) is 2.51. The fourth-order valence-corrected chi connectivity index (χ4v) is 3.04. The molecule has 0 aliphatic carbocycles. The Balaban J connectivity index is 2.06. The Hall–Kier alpha value is -1.86. The lowest BCUT2D eigenvalue weighted by Gasteiger charge is -2.36. The number of carbonyl (C=O) groups excluding carboxylic acids is 1. The van der Waals surface area contributed by atoms with Crippen LogP contribution in [0, 0.1) is 16.7 Å². The molecule has 1 aromatic carbocycles. The third-order valence-electron chi connectivity index (χ3n) is 4.27. The number of nitrogens with one attached hydrogen (secondary N) is 2. The summed E-state index contributed by atoms with van der Waals surface area (Å²) >= 11 is 0. The van der Waals surface area contributed by atoms with E-state index in [4.69, 9.17) is 5.26 Å². The maximum atomic E-state index is 12.7. The van der Waals surface area contributed by atoms with Gasteiger partial charge in [0.1, 0.15) is 0 Å². The Morgan fingerprint density at radius 2 is 2.00 bits per heavy atom. The molecule has 1 aliphatic rings. The van der Waals surface area contributed by atoms with Gasteiger partial charge in [-0.05, 0) is 50.0 Å². The molecule has 0 unspecified atom stereocenters. The van der Waals surface area contributed by atoms with Crippen molar-refractivity contribution in [3.8, 4) is 6.07 Å². The number of amides is 1. The normalized spacial score (nSPS) is 17.0. The monoisotopic (exact) mass is 285 g/mol. The molecule has 1 amide bonds. The van der Waals surface area contributed by atoms with Gasteiger partial charge in [0.2, 0.25) is 5.91 Å². The van der Waals surface area contributed by atoms with Gasteiger partial charge in [-0.15, -0.1) is 0 Å². The van der Waals surface area contributed by atoms with Crippen molar-refractivity contribution in [3.63, 3.8) is 0 Å². The summed E-state index contributed by atoms with van der Waals surface area (Å²) < 4.78 is 0. The predicted molar refractivity (Wildman–Crippen MR) is 83.8 cm³/mol. The smallest absolute Gasteiger partial charge is 0.230 e. The zero-order valence-corrected chi connectivity index (χ0v) is 12.6. The fourth-order valence-electron chi connectivity index (χ4n) is 3.04. The van der Waals surface area contributed by atoms with E-state index in [0.29, 0.717) is 6.42 Å². The molecule has 0 atom stereocenters. The first-order valence-electron chi connectivity index (χ1n) is 7.68. The van der Waals surface area contributed by atoms with Crippen LogP contribution in [0.1, 0.15) is 38.2 Å². The molecule has 0 bridgehead atoms. The molecule has 4 nitrogen and oxygen atoms in total. The van der Waals surface area contributed by atoms with E-state index < -0.39 is 0 Å². The summed E-state index contributed by atoms with van der Waals surface area (Å²) in [5.41, 5.74) is 1.56. The number of nitriles is 1. The van der Waals surface area contributed by atoms with Crippen LogP contribution in [0.4, 0.5) is 5.69 Å². The second-order valence-corrected chi connectivity index (χ2v) is 5.77. The Bertz CT molecular complexity index is 504. The van der Waals surface area contributed by atoms with E-state index in [1.54, 1.807) is 0 Å². The Morgan fingerprint density at radius 3 is 2.57 bits per heavy atom. The number of carbonyl (C=O) groups is 1. The highest BCUT2D eigenvalue weighted by Gasteiger charge is 2.38. The summed E-state index contributed by atoms with van der Waals surface area (Å²) in [4.78, 5) is 12.7. The second-order valence-electron chi connectivity index (χ2n) is 5.77. The summed E-state index contributed by atoms with van der Waals surface area (Å²) in [5, 5.41) is 15.1. The lowest BCUT2D eigenvalue weighted by atomic mass is 9.74. The third kappa shape index (κ3) is 3.83. The molecule has 21 heavy (non-hydrogen) atoms. The molecule has 1 aliphatic heterocycles. The third-order valence-corrected chi connectivity index (χ3v) is 4.27. The summed E-state index contributed by atoms with van der Waals surface area (Å²) in [6.07, 6.45) is 4.17. The largest absolute Gasteiger partial charge is 0.326 e. The van der Waals surface area contributed by atoms with Crippen LogP contribution in [0.2, 0.25) is 0 Å². The van der Waals surface area contributed by atoms with Gasteiger partial charge in [0.15, 0.2) is 0 Å². The molecule has 2 rings (SSSR count). The lowest BCUT2D eigenvalue weighted by Crippen LogP contribution is -2.44. The summed E-state index contributed by atoms with van der Waals surface area (Å²) in [6.45, 7) is 3.96. The molecule has 0 radical (unpaired) electrons. The molecule has 0 aromatic heterocycles. The van der Waals surface area contributed by atoms with Crippen LogP contribution in [0.25, 0.3) is 0 Å². The van der Waals surface area contributed by atoms with Crippen molar-refractivity contribution in [3.05, 3.63) is 29.8 Å². The van der Waals surface area contributed by atoms with E-state index in [0.717, 1.165) is 50.0 Å². The minimum absolute atomic E-state index is 0.138. The molecule has 1 saturated heterocycles. The molecular weight excluding hydrogens is 262 g/mol. The second kappa shape index (κ2) is 7.24. The number of hydrogen-bond donors (Lipinski definition) is 2. The van der Waals surface area contributed by atoms with Crippen LogP contribution in [0.15, 0.2) is 24.3 Å². The minimum atomic E-state index is -0.231. The summed E-state index contributed by atoms with van der Waals surface area (Å²) in [7, 11) is 0. The number of benzene rings is 1. The molecule has 1 heterocycles. The van der Waals surface area contributed by atoms with Crippen molar-refractivity contribution in [1.29, 1.82) is 5.26 Å². The van der Waals surface area contributed by atoms with Gasteiger partial charge in [-0.3, -0.25) is 4.79 Å². The fraction of sp³-hybridized carbons (Fsp3) is 0.529. The van der Waals surface area contributed by atoms with E-state index >= 15 is 0 Å². The maximum absolute atomic E-state index is 12.7. The molecule has 0 spiro atoms. The molecule has 4 heteroatoms.